The summed E-state index contributed by atoms with van der Waals surface area (Å²) in [6.45, 7) is 6.35. The van der Waals surface area contributed by atoms with E-state index < -0.39 is 6.10 Å². The zero-order chi connectivity index (χ0) is 19.7. The van der Waals surface area contributed by atoms with E-state index in [0.717, 1.165) is 36.8 Å². The molecule has 6 heteroatoms. The average molecular weight is 377 g/mol. The Morgan fingerprint density at radius 1 is 1.14 bits per heavy atom. The summed E-state index contributed by atoms with van der Waals surface area (Å²) < 4.78 is 2.01. The Bertz CT molecular complexity index is 951. The SMILES string of the molecule is Cn1c(CC(O)c2cccnc2)nnc1N1CCc2ccccc2C(C)(C)C1. The number of pyridine rings is 1. The van der Waals surface area contributed by atoms with Crippen LogP contribution in [0, 0.1) is 0 Å². The highest BCUT2D eigenvalue weighted by atomic mass is 16.3. The number of aliphatic hydroxyl groups is 1. The summed E-state index contributed by atoms with van der Waals surface area (Å²) in [5.41, 5.74) is 3.63. The minimum absolute atomic E-state index is 0.0223. The van der Waals surface area contributed by atoms with Gasteiger partial charge in [0.1, 0.15) is 5.82 Å². The quantitative estimate of drug-likeness (QED) is 0.757. The Labute approximate surface area is 165 Å². The fraction of sp³-hybridized carbons (Fsp3) is 0.409. The minimum atomic E-state index is -0.644. The van der Waals surface area contributed by atoms with E-state index in [1.54, 1.807) is 12.4 Å². The molecule has 0 fully saturated rings. The van der Waals surface area contributed by atoms with Crippen LogP contribution in [0.4, 0.5) is 5.95 Å². The molecular formula is C22H27N5O. The molecule has 1 N–H and O–H groups in total. The summed E-state index contributed by atoms with van der Waals surface area (Å²) in [7, 11) is 1.98. The third-order valence-electron chi connectivity index (χ3n) is 5.65. The summed E-state index contributed by atoms with van der Waals surface area (Å²) in [5, 5.41) is 19.4. The number of anilines is 1. The highest BCUT2D eigenvalue weighted by Gasteiger charge is 2.31. The highest BCUT2D eigenvalue weighted by Crippen LogP contribution is 2.32. The van der Waals surface area contributed by atoms with E-state index in [2.05, 4.69) is 58.2 Å². The number of fused-ring (bicyclic) bond motifs is 1. The standard InChI is InChI=1S/C22H27N5O/c1-22(2)15-27(12-10-16-7-4-5-9-18(16)22)21-25-24-20(26(21)3)13-19(28)17-8-6-11-23-14-17/h4-9,11,14,19,28H,10,12-13,15H2,1-3H3. The maximum atomic E-state index is 10.5. The van der Waals surface area contributed by atoms with Crippen LogP contribution in [0.1, 0.15) is 42.5 Å². The molecule has 6 nitrogen and oxygen atoms in total. The smallest absolute Gasteiger partial charge is 0.227 e. The fourth-order valence-electron chi connectivity index (χ4n) is 4.14. The zero-order valence-corrected chi connectivity index (χ0v) is 16.7. The molecule has 4 rings (SSSR count). The molecule has 1 atom stereocenters. The molecule has 0 bridgehead atoms. The lowest BCUT2D eigenvalue weighted by molar-refractivity contribution is 0.174. The van der Waals surface area contributed by atoms with Crippen LogP contribution in [0.5, 0.6) is 0 Å². The Balaban J connectivity index is 1.56. The minimum Gasteiger partial charge on any atom is -0.388 e. The van der Waals surface area contributed by atoms with E-state index in [4.69, 9.17) is 0 Å². The largest absolute Gasteiger partial charge is 0.388 e. The van der Waals surface area contributed by atoms with Crippen molar-refractivity contribution in [1.29, 1.82) is 0 Å². The molecule has 0 aliphatic carbocycles. The van der Waals surface area contributed by atoms with Crippen molar-refractivity contribution in [2.75, 3.05) is 18.0 Å². The van der Waals surface area contributed by atoms with Gasteiger partial charge in [0, 0.05) is 44.4 Å². The van der Waals surface area contributed by atoms with E-state index >= 15 is 0 Å². The molecule has 1 aliphatic heterocycles. The molecule has 146 valence electrons. The molecule has 0 saturated heterocycles. The second-order valence-electron chi connectivity index (χ2n) is 8.19. The van der Waals surface area contributed by atoms with E-state index in [-0.39, 0.29) is 5.41 Å². The zero-order valence-electron chi connectivity index (χ0n) is 16.7. The Hall–Kier alpha value is -2.73. The molecule has 1 aromatic carbocycles. The van der Waals surface area contributed by atoms with Crippen molar-refractivity contribution in [2.45, 2.75) is 38.2 Å². The predicted molar refractivity (Wildman–Crippen MR) is 109 cm³/mol. The Morgan fingerprint density at radius 3 is 2.75 bits per heavy atom. The third-order valence-corrected chi connectivity index (χ3v) is 5.65. The molecule has 3 heterocycles. The van der Waals surface area contributed by atoms with Crippen LogP contribution in [-0.2, 0) is 25.3 Å². The Kier molecular flexibility index (Phi) is 4.89. The second-order valence-corrected chi connectivity index (χ2v) is 8.19. The van der Waals surface area contributed by atoms with E-state index in [1.165, 1.54) is 11.1 Å². The van der Waals surface area contributed by atoms with Gasteiger partial charge < -0.3 is 14.6 Å². The van der Waals surface area contributed by atoms with Gasteiger partial charge in [-0.15, -0.1) is 10.2 Å². The molecule has 3 aromatic rings. The monoisotopic (exact) mass is 377 g/mol. The van der Waals surface area contributed by atoms with Gasteiger partial charge in [0.25, 0.3) is 0 Å². The van der Waals surface area contributed by atoms with Crippen molar-refractivity contribution < 1.29 is 5.11 Å². The van der Waals surface area contributed by atoms with Gasteiger partial charge in [-0.1, -0.05) is 44.2 Å². The van der Waals surface area contributed by atoms with Crippen molar-refractivity contribution in [3.8, 4) is 0 Å². The van der Waals surface area contributed by atoms with Gasteiger partial charge in [-0.05, 0) is 29.2 Å². The number of hydrogen-bond donors (Lipinski definition) is 1. The highest BCUT2D eigenvalue weighted by molar-refractivity contribution is 5.42. The van der Waals surface area contributed by atoms with Gasteiger partial charge in [0.15, 0.2) is 0 Å². The molecule has 28 heavy (non-hydrogen) atoms. The van der Waals surface area contributed by atoms with Gasteiger partial charge in [-0.3, -0.25) is 4.98 Å². The van der Waals surface area contributed by atoms with Crippen LogP contribution >= 0.6 is 0 Å². The molecule has 0 spiro atoms. The fourth-order valence-corrected chi connectivity index (χ4v) is 4.14. The van der Waals surface area contributed by atoms with Crippen molar-refractivity contribution in [3.63, 3.8) is 0 Å². The topological polar surface area (TPSA) is 67.1 Å². The molecule has 0 saturated carbocycles. The first-order chi connectivity index (χ1) is 13.5. The lowest BCUT2D eigenvalue weighted by atomic mass is 9.82. The van der Waals surface area contributed by atoms with Gasteiger partial charge in [-0.2, -0.15) is 0 Å². The first-order valence-corrected chi connectivity index (χ1v) is 9.75. The van der Waals surface area contributed by atoms with Crippen molar-refractivity contribution >= 4 is 5.95 Å². The molecule has 2 aromatic heterocycles. The first-order valence-electron chi connectivity index (χ1n) is 9.75. The summed E-state index contributed by atoms with van der Waals surface area (Å²) in [6.07, 6.45) is 4.15. The van der Waals surface area contributed by atoms with Gasteiger partial charge in [0.05, 0.1) is 6.10 Å². The number of benzene rings is 1. The van der Waals surface area contributed by atoms with Crippen molar-refractivity contribution in [2.24, 2.45) is 7.05 Å². The van der Waals surface area contributed by atoms with Crippen LogP contribution in [0.2, 0.25) is 0 Å². The third kappa shape index (κ3) is 3.52. The normalized spacial score (nSPS) is 17.1. The molecule has 0 radical (unpaired) electrons. The summed E-state index contributed by atoms with van der Waals surface area (Å²) in [6, 6.07) is 12.4. The van der Waals surface area contributed by atoms with Crippen LogP contribution in [0.15, 0.2) is 48.8 Å². The number of aliphatic hydroxyl groups excluding tert-OH is 1. The van der Waals surface area contributed by atoms with E-state index in [1.807, 2.05) is 23.7 Å². The van der Waals surface area contributed by atoms with Gasteiger partial charge in [-0.25, -0.2) is 0 Å². The van der Waals surface area contributed by atoms with Crippen LogP contribution in [0.3, 0.4) is 0 Å². The van der Waals surface area contributed by atoms with Crippen molar-refractivity contribution in [1.82, 2.24) is 19.7 Å². The number of aromatic nitrogens is 4. The van der Waals surface area contributed by atoms with E-state index in [0.29, 0.717) is 6.42 Å². The predicted octanol–water partition coefficient (Wildman–Crippen LogP) is 2.83. The maximum Gasteiger partial charge on any atom is 0.227 e. The summed E-state index contributed by atoms with van der Waals surface area (Å²) in [4.78, 5) is 6.40. The van der Waals surface area contributed by atoms with Crippen LogP contribution < -0.4 is 4.90 Å². The molecule has 0 amide bonds. The molecule has 1 unspecified atom stereocenters. The number of nitrogens with zero attached hydrogens (tertiary/aromatic N) is 5. The van der Waals surface area contributed by atoms with Gasteiger partial charge >= 0.3 is 0 Å². The first kappa shape index (κ1) is 18.6. The Morgan fingerprint density at radius 2 is 1.96 bits per heavy atom. The lowest BCUT2D eigenvalue weighted by Gasteiger charge is -2.31. The van der Waals surface area contributed by atoms with Gasteiger partial charge in [0.2, 0.25) is 5.95 Å². The summed E-state index contributed by atoms with van der Waals surface area (Å²) in [5.74, 6) is 1.63. The average Bonchev–Trinajstić information content (AvgIpc) is 2.99. The number of hydrogen-bond acceptors (Lipinski definition) is 5. The van der Waals surface area contributed by atoms with E-state index in [9.17, 15) is 5.11 Å². The summed E-state index contributed by atoms with van der Waals surface area (Å²) >= 11 is 0. The molecular weight excluding hydrogens is 350 g/mol. The lowest BCUT2D eigenvalue weighted by Crippen LogP contribution is -2.37. The maximum absolute atomic E-state index is 10.5. The number of rotatable bonds is 4. The van der Waals surface area contributed by atoms with Crippen LogP contribution in [-0.4, -0.2) is 37.9 Å². The second kappa shape index (κ2) is 7.36. The van der Waals surface area contributed by atoms with Crippen molar-refractivity contribution in [3.05, 3.63) is 71.3 Å². The van der Waals surface area contributed by atoms with Crippen LogP contribution in [0.25, 0.3) is 0 Å². The molecule has 1 aliphatic rings.